The van der Waals surface area contributed by atoms with Crippen molar-refractivity contribution in [1.82, 2.24) is 10.2 Å². The molecule has 132 valence electrons. The zero-order valence-electron chi connectivity index (χ0n) is 14.7. The molecule has 0 saturated carbocycles. The van der Waals surface area contributed by atoms with Gasteiger partial charge in [-0.3, -0.25) is 4.79 Å². The van der Waals surface area contributed by atoms with Crippen molar-refractivity contribution < 1.29 is 14.4 Å². The Bertz CT molecular complexity index is 570. The molecule has 0 radical (unpaired) electrons. The summed E-state index contributed by atoms with van der Waals surface area (Å²) in [5, 5.41) is 7.00. The van der Waals surface area contributed by atoms with Crippen molar-refractivity contribution in [2.45, 2.75) is 32.8 Å². The van der Waals surface area contributed by atoms with E-state index in [-0.39, 0.29) is 5.91 Å². The second-order valence-corrected chi connectivity index (χ2v) is 5.71. The third-order valence-electron chi connectivity index (χ3n) is 4.22. The van der Waals surface area contributed by atoms with Crippen LogP contribution in [0.2, 0.25) is 0 Å². The number of nitrogens with zero attached hydrogens (tertiary/aromatic N) is 2. The molecule has 0 aromatic heterocycles. The Morgan fingerprint density at radius 2 is 2.12 bits per heavy atom. The van der Waals surface area contributed by atoms with Crippen molar-refractivity contribution in [1.29, 1.82) is 0 Å². The van der Waals surface area contributed by atoms with Gasteiger partial charge in [0.15, 0.2) is 0 Å². The predicted molar refractivity (Wildman–Crippen MR) is 94.4 cm³/mol. The highest BCUT2D eigenvalue weighted by Gasteiger charge is 2.29. The first-order valence-corrected chi connectivity index (χ1v) is 8.55. The molecular weight excluding hydrogens is 306 g/mol. The van der Waals surface area contributed by atoms with E-state index in [0.717, 1.165) is 43.1 Å². The van der Waals surface area contributed by atoms with Crippen LogP contribution >= 0.6 is 0 Å². The monoisotopic (exact) mass is 333 g/mol. The number of oxime groups is 1. The summed E-state index contributed by atoms with van der Waals surface area (Å²) >= 11 is 0. The highest BCUT2D eigenvalue weighted by molar-refractivity contribution is 6.05. The zero-order chi connectivity index (χ0) is 17.4. The third kappa shape index (κ3) is 4.71. The van der Waals surface area contributed by atoms with Crippen molar-refractivity contribution in [3.63, 3.8) is 0 Å². The van der Waals surface area contributed by atoms with E-state index in [2.05, 4.69) is 29.2 Å². The Balaban J connectivity index is 1.79. The average Bonchev–Trinajstić information content (AvgIpc) is 3.11. The molecule has 0 saturated heterocycles. The van der Waals surface area contributed by atoms with Gasteiger partial charge in [-0.2, -0.15) is 0 Å². The molecule has 1 aliphatic rings. The van der Waals surface area contributed by atoms with Gasteiger partial charge in [0.1, 0.15) is 5.75 Å². The fraction of sp³-hybridized carbons (Fsp3) is 0.556. The number of carbonyl (C=O) groups excluding carboxylic acids is 1. The van der Waals surface area contributed by atoms with Gasteiger partial charge in [0.05, 0.1) is 12.8 Å². The van der Waals surface area contributed by atoms with Crippen molar-refractivity contribution in [2.24, 2.45) is 5.16 Å². The molecule has 0 spiro atoms. The first-order valence-electron chi connectivity index (χ1n) is 8.55. The first-order chi connectivity index (χ1) is 11.7. The fourth-order valence-electron chi connectivity index (χ4n) is 2.73. The van der Waals surface area contributed by atoms with Gasteiger partial charge >= 0.3 is 0 Å². The molecule has 24 heavy (non-hydrogen) atoms. The van der Waals surface area contributed by atoms with E-state index in [4.69, 9.17) is 9.57 Å². The van der Waals surface area contributed by atoms with Gasteiger partial charge in [-0.1, -0.05) is 31.1 Å². The molecule has 2 rings (SSSR count). The molecule has 6 heteroatoms. The molecule has 1 unspecified atom stereocenters. The Labute approximate surface area is 143 Å². The number of methoxy groups -OCH3 is 1. The SMILES string of the molecule is CCN(CC)CCCNC(=O)C1CC(c2ccccc2OC)=NO1. The lowest BCUT2D eigenvalue weighted by Crippen LogP contribution is -2.36. The van der Waals surface area contributed by atoms with E-state index >= 15 is 0 Å². The van der Waals surface area contributed by atoms with Crippen LogP contribution in [0.25, 0.3) is 0 Å². The van der Waals surface area contributed by atoms with E-state index in [1.165, 1.54) is 0 Å². The normalized spacial score (nSPS) is 16.7. The second-order valence-electron chi connectivity index (χ2n) is 5.71. The number of ether oxygens (including phenoxy) is 1. The van der Waals surface area contributed by atoms with Crippen LogP contribution in [-0.4, -0.2) is 55.9 Å². The summed E-state index contributed by atoms with van der Waals surface area (Å²) in [5.74, 6) is 0.628. The maximum atomic E-state index is 12.2. The van der Waals surface area contributed by atoms with E-state index in [0.29, 0.717) is 13.0 Å². The maximum Gasteiger partial charge on any atom is 0.264 e. The lowest BCUT2D eigenvalue weighted by Gasteiger charge is -2.18. The van der Waals surface area contributed by atoms with Crippen LogP contribution in [-0.2, 0) is 9.63 Å². The van der Waals surface area contributed by atoms with Crippen molar-refractivity contribution in [3.05, 3.63) is 29.8 Å². The number of nitrogens with one attached hydrogen (secondary N) is 1. The number of hydrogen-bond donors (Lipinski definition) is 1. The third-order valence-corrected chi connectivity index (χ3v) is 4.22. The minimum absolute atomic E-state index is 0.108. The quantitative estimate of drug-likeness (QED) is 0.703. The molecule has 1 heterocycles. The number of hydrogen-bond acceptors (Lipinski definition) is 5. The van der Waals surface area contributed by atoms with E-state index in [9.17, 15) is 4.79 Å². The van der Waals surface area contributed by atoms with Gasteiger partial charge in [-0.05, 0) is 38.2 Å². The molecule has 6 nitrogen and oxygen atoms in total. The summed E-state index contributed by atoms with van der Waals surface area (Å²) in [6.45, 7) is 8.00. The molecular formula is C18H27N3O3. The Morgan fingerprint density at radius 1 is 1.38 bits per heavy atom. The second kappa shape index (κ2) is 9.27. The van der Waals surface area contributed by atoms with Crippen LogP contribution in [0.1, 0.15) is 32.3 Å². The van der Waals surface area contributed by atoms with E-state index < -0.39 is 6.10 Å². The molecule has 1 N–H and O–H groups in total. The molecule has 0 fully saturated rings. The molecule has 1 aliphatic heterocycles. The molecule has 1 aromatic carbocycles. The van der Waals surface area contributed by atoms with Gasteiger partial charge in [0.2, 0.25) is 6.10 Å². The lowest BCUT2D eigenvalue weighted by molar-refractivity contribution is -0.131. The van der Waals surface area contributed by atoms with E-state index in [1.807, 2.05) is 24.3 Å². The minimum Gasteiger partial charge on any atom is -0.496 e. The highest BCUT2D eigenvalue weighted by atomic mass is 16.6. The molecule has 0 bridgehead atoms. The number of benzene rings is 1. The molecule has 1 amide bonds. The van der Waals surface area contributed by atoms with Gasteiger partial charge in [0.25, 0.3) is 5.91 Å². The largest absolute Gasteiger partial charge is 0.496 e. The van der Waals surface area contributed by atoms with Gasteiger partial charge < -0.3 is 19.8 Å². The van der Waals surface area contributed by atoms with E-state index in [1.54, 1.807) is 7.11 Å². The van der Waals surface area contributed by atoms with Crippen LogP contribution in [0.5, 0.6) is 5.75 Å². The number of carbonyl (C=O) groups is 1. The Hall–Kier alpha value is -2.08. The summed E-state index contributed by atoms with van der Waals surface area (Å²) in [6, 6.07) is 7.61. The van der Waals surface area contributed by atoms with Crippen LogP contribution in [0.15, 0.2) is 29.4 Å². The maximum absolute atomic E-state index is 12.2. The van der Waals surface area contributed by atoms with Crippen LogP contribution < -0.4 is 10.1 Å². The topological polar surface area (TPSA) is 63.2 Å². The Morgan fingerprint density at radius 3 is 2.83 bits per heavy atom. The smallest absolute Gasteiger partial charge is 0.264 e. The minimum atomic E-state index is -0.557. The molecule has 0 aliphatic carbocycles. The summed E-state index contributed by atoms with van der Waals surface area (Å²) in [7, 11) is 1.62. The number of para-hydroxylation sites is 1. The summed E-state index contributed by atoms with van der Waals surface area (Å²) in [5.41, 5.74) is 1.62. The lowest BCUT2D eigenvalue weighted by atomic mass is 10.0. The van der Waals surface area contributed by atoms with Crippen LogP contribution in [0.4, 0.5) is 0 Å². The predicted octanol–water partition coefficient (Wildman–Crippen LogP) is 2.04. The number of rotatable bonds is 9. The van der Waals surface area contributed by atoms with Crippen molar-refractivity contribution in [2.75, 3.05) is 33.3 Å². The van der Waals surface area contributed by atoms with Gasteiger partial charge in [-0.15, -0.1) is 0 Å². The summed E-state index contributed by atoms with van der Waals surface area (Å²) in [6.07, 6.45) is 0.834. The fourth-order valence-corrected chi connectivity index (χ4v) is 2.73. The zero-order valence-corrected chi connectivity index (χ0v) is 14.7. The summed E-state index contributed by atoms with van der Waals surface area (Å²) < 4.78 is 5.33. The Kier molecular flexibility index (Phi) is 7.06. The van der Waals surface area contributed by atoms with Gasteiger partial charge in [0, 0.05) is 18.5 Å². The average molecular weight is 333 g/mol. The first kappa shape index (κ1) is 18.3. The standard InChI is InChI=1S/C18H27N3O3/c1-4-21(5-2)12-8-11-19-18(22)17-13-15(20-24-17)14-9-6-7-10-16(14)23-3/h6-7,9-10,17H,4-5,8,11-13H2,1-3H3,(H,19,22). The van der Waals surface area contributed by atoms with Crippen molar-refractivity contribution in [3.8, 4) is 5.75 Å². The van der Waals surface area contributed by atoms with Crippen LogP contribution in [0, 0.1) is 0 Å². The van der Waals surface area contributed by atoms with Crippen LogP contribution in [0.3, 0.4) is 0 Å². The molecule has 1 atom stereocenters. The van der Waals surface area contributed by atoms with Gasteiger partial charge in [-0.25, -0.2) is 0 Å². The number of amides is 1. The summed E-state index contributed by atoms with van der Waals surface area (Å²) in [4.78, 5) is 19.9. The highest BCUT2D eigenvalue weighted by Crippen LogP contribution is 2.24. The van der Waals surface area contributed by atoms with Crippen molar-refractivity contribution >= 4 is 11.6 Å². The molecule has 1 aromatic rings.